The van der Waals surface area contributed by atoms with E-state index >= 15 is 0 Å². The fourth-order valence-corrected chi connectivity index (χ4v) is 3.17. The molecule has 6 heteroatoms. The molecule has 4 nitrogen and oxygen atoms in total. The van der Waals surface area contributed by atoms with Crippen LogP contribution in [0.1, 0.15) is 5.56 Å². The summed E-state index contributed by atoms with van der Waals surface area (Å²) in [7, 11) is -2.20. The number of sulfonamides is 1. The highest BCUT2D eigenvalue weighted by Gasteiger charge is 2.22. The fourth-order valence-electron chi connectivity index (χ4n) is 1.79. The molecule has 0 radical (unpaired) electrons. The molecule has 0 fully saturated rings. The average Bonchev–Trinajstić information content (AvgIpc) is 2.41. The first kappa shape index (κ1) is 14.7. The largest absolute Gasteiger partial charge is 0.397 e. The summed E-state index contributed by atoms with van der Waals surface area (Å²) in [4.78, 5) is 0.213. The van der Waals surface area contributed by atoms with Gasteiger partial charge in [-0.15, -0.1) is 0 Å². The van der Waals surface area contributed by atoms with Crippen LogP contribution in [0.25, 0.3) is 0 Å². The van der Waals surface area contributed by atoms with Crippen LogP contribution in [0, 0.1) is 6.92 Å². The summed E-state index contributed by atoms with van der Waals surface area (Å²) in [5, 5.41) is 0.431. The van der Waals surface area contributed by atoms with E-state index in [0.717, 1.165) is 9.87 Å². The standard InChI is InChI=1S/C14H15ClN2O2S/c1-10-3-6-12(7-4-10)20(18,19)17(2)14-9-11(15)5-8-13(14)16/h3-9H,16H2,1-2H3. The Balaban J connectivity index is 2.48. The minimum absolute atomic E-state index is 0.213. The third kappa shape index (κ3) is 2.73. The average molecular weight is 311 g/mol. The number of nitrogens with zero attached hydrogens (tertiary/aromatic N) is 1. The summed E-state index contributed by atoms with van der Waals surface area (Å²) in [5.74, 6) is 0. The summed E-state index contributed by atoms with van der Waals surface area (Å²) >= 11 is 5.90. The second-order valence-corrected chi connectivity index (χ2v) is 6.89. The van der Waals surface area contributed by atoms with Crippen LogP contribution in [0.3, 0.4) is 0 Å². The predicted octanol–water partition coefficient (Wildman–Crippen LogP) is 3.06. The van der Waals surface area contributed by atoms with Crippen molar-refractivity contribution >= 4 is 33.0 Å². The number of halogens is 1. The number of benzene rings is 2. The number of hydrogen-bond acceptors (Lipinski definition) is 3. The Hall–Kier alpha value is -1.72. The maximum absolute atomic E-state index is 12.5. The molecule has 0 saturated carbocycles. The first-order chi connectivity index (χ1) is 9.32. The van der Waals surface area contributed by atoms with E-state index in [1.165, 1.54) is 13.1 Å². The van der Waals surface area contributed by atoms with Gasteiger partial charge in [0, 0.05) is 12.1 Å². The lowest BCUT2D eigenvalue weighted by Gasteiger charge is -2.21. The molecule has 2 aromatic rings. The Morgan fingerprint density at radius 3 is 2.30 bits per heavy atom. The second-order valence-electron chi connectivity index (χ2n) is 4.49. The van der Waals surface area contributed by atoms with Crippen LogP contribution in [0.4, 0.5) is 11.4 Å². The molecule has 0 aliphatic heterocycles. The summed E-state index contributed by atoms with van der Waals surface area (Å²) in [6.45, 7) is 1.90. The summed E-state index contributed by atoms with van der Waals surface area (Å²) in [6.07, 6.45) is 0. The first-order valence-electron chi connectivity index (χ1n) is 5.93. The van der Waals surface area contributed by atoms with Gasteiger partial charge >= 0.3 is 0 Å². The molecular weight excluding hydrogens is 296 g/mol. The van der Waals surface area contributed by atoms with Crippen molar-refractivity contribution in [3.05, 3.63) is 53.1 Å². The van der Waals surface area contributed by atoms with E-state index in [2.05, 4.69) is 0 Å². The number of rotatable bonds is 3. The molecule has 2 rings (SSSR count). The van der Waals surface area contributed by atoms with Crippen LogP contribution in [0.2, 0.25) is 5.02 Å². The van der Waals surface area contributed by atoms with Crippen molar-refractivity contribution in [1.82, 2.24) is 0 Å². The summed E-state index contributed by atoms with van der Waals surface area (Å²) < 4.78 is 26.2. The van der Waals surface area contributed by atoms with E-state index in [1.807, 2.05) is 6.92 Å². The van der Waals surface area contributed by atoms with Crippen LogP contribution in [-0.2, 0) is 10.0 Å². The molecule has 106 valence electrons. The molecule has 0 aliphatic rings. The third-order valence-corrected chi connectivity index (χ3v) is 5.03. The van der Waals surface area contributed by atoms with Crippen molar-refractivity contribution in [3.8, 4) is 0 Å². The Morgan fingerprint density at radius 2 is 1.70 bits per heavy atom. The quantitative estimate of drug-likeness (QED) is 0.886. The smallest absolute Gasteiger partial charge is 0.264 e. The second kappa shape index (κ2) is 5.34. The molecule has 2 N–H and O–H groups in total. The molecule has 0 bridgehead atoms. The van der Waals surface area contributed by atoms with E-state index in [-0.39, 0.29) is 4.90 Å². The van der Waals surface area contributed by atoms with Crippen molar-refractivity contribution in [2.24, 2.45) is 0 Å². The molecule has 0 atom stereocenters. The zero-order valence-electron chi connectivity index (χ0n) is 11.2. The van der Waals surface area contributed by atoms with Gasteiger partial charge in [0.1, 0.15) is 0 Å². The van der Waals surface area contributed by atoms with Crippen molar-refractivity contribution < 1.29 is 8.42 Å². The fraction of sp³-hybridized carbons (Fsp3) is 0.143. The number of nitrogens with two attached hydrogens (primary N) is 1. The number of aryl methyl sites for hydroxylation is 1. The lowest BCUT2D eigenvalue weighted by molar-refractivity contribution is 0.594. The molecule has 0 amide bonds. The van der Waals surface area contributed by atoms with E-state index in [1.54, 1.807) is 36.4 Å². The SMILES string of the molecule is Cc1ccc(S(=O)(=O)N(C)c2cc(Cl)ccc2N)cc1. The highest BCUT2D eigenvalue weighted by atomic mass is 35.5. The summed E-state index contributed by atoms with van der Waals surface area (Å²) in [6, 6.07) is 11.4. The molecule has 0 aromatic heterocycles. The maximum Gasteiger partial charge on any atom is 0.264 e. The minimum atomic E-state index is -3.65. The van der Waals surface area contributed by atoms with Gasteiger partial charge in [-0.2, -0.15) is 0 Å². The van der Waals surface area contributed by atoms with Gasteiger partial charge in [-0.3, -0.25) is 4.31 Å². The van der Waals surface area contributed by atoms with Gasteiger partial charge in [0.05, 0.1) is 16.3 Å². The van der Waals surface area contributed by atoms with Gasteiger partial charge in [0.2, 0.25) is 0 Å². The molecule has 0 unspecified atom stereocenters. The Bertz CT molecular complexity index is 727. The maximum atomic E-state index is 12.5. The Labute approximate surface area is 123 Å². The van der Waals surface area contributed by atoms with Gasteiger partial charge < -0.3 is 5.73 Å². The van der Waals surface area contributed by atoms with Gasteiger partial charge in [0.15, 0.2) is 0 Å². The van der Waals surface area contributed by atoms with Crippen LogP contribution >= 0.6 is 11.6 Å². The predicted molar refractivity (Wildman–Crippen MR) is 82.6 cm³/mol. The first-order valence-corrected chi connectivity index (χ1v) is 7.75. The molecule has 0 aliphatic carbocycles. The van der Waals surface area contributed by atoms with Crippen LogP contribution in [0.5, 0.6) is 0 Å². The monoisotopic (exact) mass is 310 g/mol. The topological polar surface area (TPSA) is 63.4 Å². The van der Waals surface area contributed by atoms with Crippen molar-refractivity contribution in [2.75, 3.05) is 17.1 Å². The van der Waals surface area contributed by atoms with Crippen molar-refractivity contribution in [2.45, 2.75) is 11.8 Å². The zero-order chi connectivity index (χ0) is 14.9. The van der Waals surface area contributed by atoms with Crippen LogP contribution < -0.4 is 10.0 Å². The molecular formula is C14H15ClN2O2S. The zero-order valence-corrected chi connectivity index (χ0v) is 12.7. The molecule has 2 aromatic carbocycles. The van der Waals surface area contributed by atoms with E-state index < -0.39 is 10.0 Å². The normalized spacial score (nSPS) is 11.3. The number of anilines is 2. The van der Waals surface area contributed by atoms with E-state index in [4.69, 9.17) is 17.3 Å². The number of nitrogen functional groups attached to an aromatic ring is 1. The van der Waals surface area contributed by atoms with Crippen molar-refractivity contribution in [3.63, 3.8) is 0 Å². The van der Waals surface area contributed by atoms with Crippen LogP contribution in [0.15, 0.2) is 47.4 Å². The highest BCUT2D eigenvalue weighted by molar-refractivity contribution is 7.92. The van der Waals surface area contributed by atoms with Crippen molar-refractivity contribution in [1.29, 1.82) is 0 Å². The minimum Gasteiger partial charge on any atom is -0.397 e. The molecule has 0 heterocycles. The number of hydrogen-bond donors (Lipinski definition) is 1. The van der Waals surface area contributed by atoms with Crippen LogP contribution in [-0.4, -0.2) is 15.5 Å². The lowest BCUT2D eigenvalue weighted by atomic mass is 10.2. The lowest BCUT2D eigenvalue weighted by Crippen LogP contribution is -2.27. The van der Waals surface area contributed by atoms with E-state index in [0.29, 0.717) is 16.4 Å². The highest BCUT2D eigenvalue weighted by Crippen LogP contribution is 2.30. The third-order valence-electron chi connectivity index (χ3n) is 3.01. The molecule has 0 spiro atoms. The van der Waals surface area contributed by atoms with E-state index in [9.17, 15) is 8.42 Å². The molecule has 0 saturated heterocycles. The molecule has 20 heavy (non-hydrogen) atoms. The van der Waals surface area contributed by atoms with Gasteiger partial charge in [-0.05, 0) is 37.3 Å². The van der Waals surface area contributed by atoms with Gasteiger partial charge in [-0.25, -0.2) is 8.42 Å². The van der Waals surface area contributed by atoms with Gasteiger partial charge in [0.25, 0.3) is 10.0 Å². The summed E-state index contributed by atoms with van der Waals surface area (Å²) in [5.41, 5.74) is 7.53. The Morgan fingerprint density at radius 1 is 1.10 bits per heavy atom. The van der Waals surface area contributed by atoms with Gasteiger partial charge in [-0.1, -0.05) is 29.3 Å². The Kier molecular flexibility index (Phi) is 3.92.